The minimum Gasteiger partial charge on any atom is -0.336 e. The molecule has 1 aliphatic rings. The molecular formula is C34H44ClN7O2. The summed E-state index contributed by atoms with van der Waals surface area (Å²) in [7, 11) is 1.80. The largest absolute Gasteiger partial charge is 0.336 e. The minimum absolute atomic E-state index is 0.110. The Morgan fingerprint density at radius 1 is 1.16 bits per heavy atom. The Morgan fingerprint density at radius 2 is 1.86 bits per heavy atom. The molecule has 3 N–H and O–H groups in total. The maximum Gasteiger partial charge on any atom is 0.264 e. The lowest BCUT2D eigenvalue weighted by Crippen LogP contribution is -2.42. The number of nitrogens with one attached hydrogen (secondary N) is 3. The van der Waals surface area contributed by atoms with Crippen molar-refractivity contribution in [3.8, 4) is 6.07 Å². The molecule has 234 valence electrons. The van der Waals surface area contributed by atoms with Crippen LogP contribution in [0, 0.1) is 16.7 Å². The molecule has 1 fully saturated rings. The number of amides is 2. The average molecular weight is 618 g/mol. The third-order valence-corrected chi connectivity index (χ3v) is 8.80. The van der Waals surface area contributed by atoms with E-state index in [2.05, 4.69) is 55.8 Å². The van der Waals surface area contributed by atoms with Crippen LogP contribution in [-0.2, 0) is 11.3 Å². The molecule has 0 spiro atoms. The predicted octanol–water partition coefficient (Wildman–Crippen LogP) is 6.08. The van der Waals surface area contributed by atoms with E-state index in [4.69, 9.17) is 16.6 Å². The Hall–Kier alpha value is -3.71. The fourth-order valence-corrected chi connectivity index (χ4v) is 5.29. The number of benzene rings is 2. The number of hydrogen-bond acceptors (Lipinski definition) is 6. The van der Waals surface area contributed by atoms with Gasteiger partial charge in [0.1, 0.15) is 11.6 Å². The Balaban J connectivity index is 1.68. The van der Waals surface area contributed by atoms with Crippen molar-refractivity contribution in [3.63, 3.8) is 0 Å². The zero-order valence-electron chi connectivity index (χ0n) is 26.8. The number of piperidine rings is 1. The van der Waals surface area contributed by atoms with Gasteiger partial charge < -0.3 is 20.1 Å². The summed E-state index contributed by atoms with van der Waals surface area (Å²) in [6.45, 7) is 14.3. The third-order valence-electron chi connectivity index (χ3n) is 8.55. The molecule has 0 bridgehead atoms. The van der Waals surface area contributed by atoms with Gasteiger partial charge in [-0.15, -0.1) is 0 Å². The summed E-state index contributed by atoms with van der Waals surface area (Å²) in [5.41, 5.74) is 2.91. The monoisotopic (exact) mass is 617 g/mol. The first kappa shape index (κ1) is 33.2. The van der Waals surface area contributed by atoms with Gasteiger partial charge in [0.2, 0.25) is 5.95 Å². The van der Waals surface area contributed by atoms with Gasteiger partial charge in [0.15, 0.2) is 0 Å². The van der Waals surface area contributed by atoms with Crippen LogP contribution in [0.2, 0.25) is 5.02 Å². The predicted molar refractivity (Wildman–Crippen MR) is 177 cm³/mol. The molecule has 3 aromatic rings. The van der Waals surface area contributed by atoms with Crippen molar-refractivity contribution >= 4 is 40.4 Å². The number of carbonyl (C=O) groups is 2. The number of halogens is 1. The highest BCUT2D eigenvalue weighted by Crippen LogP contribution is 2.32. The highest BCUT2D eigenvalue weighted by atomic mass is 35.5. The van der Waals surface area contributed by atoms with Gasteiger partial charge in [0, 0.05) is 41.8 Å². The van der Waals surface area contributed by atoms with E-state index in [0.29, 0.717) is 42.2 Å². The van der Waals surface area contributed by atoms with Crippen LogP contribution in [0.5, 0.6) is 0 Å². The molecule has 10 heteroatoms. The van der Waals surface area contributed by atoms with E-state index in [1.165, 1.54) is 0 Å². The Bertz CT molecular complexity index is 1580. The van der Waals surface area contributed by atoms with E-state index >= 15 is 0 Å². The van der Waals surface area contributed by atoms with Crippen LogP contribution in [0.4, 0.5) is 5.95 Å². The van der Waals surface area contributed by atoms with Crippen molar-refractivity contribution in [1.29, 1.82) is 5.26 Å². The lowest BCUT2D eigenvalue weighted by Gasteiger charge is -2.34. The molecule has 2 heterocycles. The van der Waals surface area contributed by atoms with Crippen LogP contribution in [0.25, 0.3) is 11.0 Å². The average Bonchev–Trinajstić information content (AvgIpc) is 3.35. The van der Waals surface area contributed by atoms with Gasteiger partial charge in [-0.25, -0.2) is 4.98 Å². The quantitative estimate of drug-likeness (QED) is 0.198. The lowest BCUT2D eigenvalue weighted by atomic mass is 9.88. The highest BCUT2D eigenvalue weighted by molar-refractivity contribution is 6.30. The summed E-state index contributed by atoms with van der Waals surface area (Å²) >= 11 is 6.04. The smallest absolute Gasteiger partial charge is 0.264 e. The molecule has 4 rings (SSSR count). The van der Waals surface area contributed by atoms with E-state index in [1.54, 1.807) is 42.3 Å². The minimum atomic E-state index is -0.507. The molecule has 0 saturated carbocycles. The number of rotatable bonds is 9. The highest BCUT2D eigenvalue weighted by Gasteiger charge is 2.31. The van der Waals surface area contributed by atoms with Gasteiger partial charge in [-0.2, -0.15) is 5.26 Å². The van der Waals surface area contributed by atoms with Crippen LogP contribution >= 0.6 is 11.6 Å². The number of hydrogen-bond donors (Lipinski definition) is 3. The zero-order valence-corrected chi connectivity index (χ0v) is 27.5. The summed E-state index contributed by atoms with van der Waals surface area (Å²) in [5, 5.41) is 20.1. The molecule has 1 saturated heterocycles. The first-order valence-corrected chi connectivity index (χ1v) is 15.5. The Kier molecular flexibility index (Phi) is 10.2. The molecular weight excluding hydrogens is 574 g/mol. The second-order valence-electron chi connectivity index (χ2n) is 13.2. The maximum atomic E-state index is 13.5. The van der Waals surface area contributed by atoms with E-state index in [1.807, 2.05) is 30.5 Å². The van der Waals surface area contributed by atoms with Gasteiger partial charge >= 0.3 is 0 Å². The second-order valence-corrected chi connectivity index (χ2v) is 13.7. The first-order valence-electron chi connectivity index (χ1n) is 15.1. The summed E-state index contributed by atoms with van der Waals surface area (Å²) < 4.78 is 2.03. The summed E-state index contributed by atoms with van der Waals surface area (Å²) in [5.74, 6) is -0.176. The maximum absolute atomic E-state index is 13.5. The van der Waals surface area contributed by atoms with Crippen molar-refractivity contribution in [2.45, 2.75) is 78.6 Å². The van der Waals surface area contributed by atoms with E-state index in [-0.39, 0.29) is 28.8 Å². The van der Waals surface area contributed by atoms with Crippen LogP contribution in [0.15, 0.2) is 54.1 Å². The van der Waals surface area contributed by atoms with Gasteiger partial charge in [-0.05, 0) is 94.1 Å². The third kappa shape index (κ3) is 7.86. The molecule has 1 unspecified atom stereocenters. The fraction of sp³-hybridized carbons (Fsp3) is 0.471. The van der Waals surface area contributed by atoms with Crippen molar-refractivity contribution in [2.24, 2.45) is 5.41 Å². The molecule has 2 atom stereocenters. The molecule has 2 aromatic carbocycles. The summed E-state index contributed by atoms with van der Waals surface area (Å²) in [6, 6.07) is 15.1. The lowest BCUT2D eigenvalue weighted by molar-refractivity contribution is -0.128. The number of likely N-dealkylation sites (N-methyl/N-ethyl adjacent to an activating group) is 1. The standard InChI is InChI=1S/C34H44ClN7O2/c1-22(33(2,3)4)38-20-23-10-15-29-28(17-23)39-32(40-30(43)24-11-13-26(35)14-12-24)42(29)27-9-8-16-41(21-27)31(44)25(19-36)18-34(5,6)37-7/h10-15,17-18,22,27,37-38H,8-9,16,20-21H2,1-7H3,(H,39,40,43)/t22-,27?/m0/s1. The SMILES string of the molecule is CNC(C)(C)C=C(C#N)C(=O)N1CCCC(n2c(NC(=O)c3ccc(Cl)cc3)nc3cc(CN[C@@H](C)C(C)(C)C)ccc32)C1. The fourth-order valence-electron chi connectivity index (χ4n) is 5.16. The molecule has 1 aromatic heterocycles. The molecule has 2 amide bonds. The number of imidazole rings is 1. The summed E-state index contributed by atoms with van der Waals surface area (Å²) in [4.78, 5) is 33.4. The van der Waals surface area contributed by atoms with E-state index < -0.39 is 5.54 Å². The molecule has 44 heavy (non-hydrogen) atoms. The van der Waals surface area contributed by atoms with Gasteiger partial charge in [0.05, 0.1) is 17.1 Å². The number of nitriles is 1. The number of carbonyl (C=O) groups excluding carboxylic acids is 2. The molecule has 0 aliphatic carbocycles. The van der Waals surface area contributed by atoms with Gasteiger partial charge in [-0.3, -0.25) is 14.9 Å². The van der Waals surface area contributed by atoms with Crippen molar-refractivity contribution in [3.05, 3.63) is 70.3 Å². The molecule has 0 radical (unpaired) electrons. The van der Waals surface area contributed by atoms with E-state index in [0.717, 1.165) is 29.4 Å². The van der Waals surface area contributed by atoms with Crippen LogP contribution < -0.4 is 16.0 Å². The van der Waals surface area contributed by atoms with Gasteiger partial charge in [0.25, 0.3) is 11.8 Å². The van der Waals surface area contributed by atoms with E-state index in [9.17, 15) is 14.9 Å². The number of aromatic nitrogens is 2. The van der Waals surface area contributed by atoms with Crippen molar-refractivity contribution < 1.29 is 9.59 Å². The van der Waals surface area contributed by atoms with Crippen LogP contribution in [-0.4, -0.2) is 58.0 Å². The number of nitrogens with zero attached hydrogens (tertiary/aromatic N) is 4. The number of anilines is 1. The topological polar surface area (TPSA) is 115 Å². The molecule has 9 nitrogen and oxygen atoms in total. The normalized spacial score (nSPS) is 16.9. The summed E-state index contributed by atoms with van der Waals surface area (Å²) in [6.07, 6.45) is 3.22. The van der Waals surface area contributed by atoms with Gasteiger partial charge in [-0.1, -0.05) is 38.4 Å². The number of likely N-dealkylation sites (tertiary alicyclic amines) is 1. The zero-order chi connectivity index (χ0) is 32.2. The number of fused-ring (bicyclic) bond motifs is 1. The Morgan fingerprint density at radius 3 is 2.50 bits per heavy atom. The second kappa shape index (κ2) is 13.5. The van der Waals surface area contributed by atoms with Crippen LogP contribution in [0.3, 0.4) is 0 Å². The van der Waals surface area contributed by atoms with Crippen LogP contribution in [0.1, 0.15) is 76.3 Å². The Labute approximate surface area is 265 Å². The first-order chi connectivity index (χ1) is 20.7. The van der Waals surface area contributed by atoms with Crippen molar-refractivity contribution in [2.75, 3.05) is 25.5 Å². The van der Waals surface area contributed by atoms with Crippen molar-refractivity contribution in [1.82, 2.24) is 25.1 Å². The molecule has 1 aliphatic heterocycles.